The van der Waals surface area contributed by atoms with E-state index in [-0.39, 0.29) is 0 Å². The Kier molecular flexibility index (Phi) is 5.05. The average molecular weight is 236 g/mol. The third-order valence-corrected chi connectivity index (χ3v) is 4.52. The van der Waals surface area contributed by atoms with Gasteiger partial charge in [0.15, 0.2) is 0 Å². The highest BCUT2D eigenvalue weighted by molar-refractivity contribution is 4.92. The molecule has 1 saturated heterocycles. The summed E-state index contributed by atoms with van der Waals surface area (Å²) in [6.07, 6.45) is 11.7. The van der Waals surface area contributed by atoms with Crippen LogP contribution in [0.4, 0.5) is 0 Å². The van der Waals surface area contributed by atoms with Crippen LogP contribution in [0.3, 0.4) is 0 Å². The second-order valence-electron chi connectivity index (χ2n) is 5.78. The molecule has 1 aliphatic heterocycles. The molecule has 0 aromatic carbocycles. The van der Waals surface area contributed by atoms with Gasteiger partial charge in [0.25, 0.3) is 0 Å². The Morgan fingerprint density at radius 1 is 1.24 bits per heavy atom. The molecule has 17 heavy (non-hydrogen) atoms. The third-order valence-electron chi connectivity index (χ3n) is 4.52. The number of nitrogens with zero attached hydrogens (tertiary/aromatic N) is 1. The summed E-state index contributed by atoms with van der Waals surface area (Å²) < 4.78 is 0. The molecule has 98 valence electrons. The van der Waals surface area contributed by atoms with Gasteiger partial charge in [0.1, 0.15) is 0 Å². The summed E-state index contributed by atoms with van der Waals surface area (Å²) in [7, 11) is 0. The minimum atomic E-state index is 0.686. The van der Waals surface area contributed by atoms with Gasteiger partial charge in [0.05, 0.1) is 0 Å². The average Bonchev–Trinajstić information content (AvgIpc) is 2.39. The van der Waals surface area contributed by atoms with E-state index in [0.717, 1.165) is 18.5 Å². The molecule has 0 spiro atoms. The van der Waals surface area contributed by atoms with Gasteiger partial charge < -0.3 is 5.32 Å². The minimum absolute atomic E-state index is 0.686. The van der Waals surface area contributed by atoms with E-state index in [2.05, 4.69) is 36.2 Å². The standard InChI is InChI=1S/C15H28N2/c1-3-4-10-17-12-15(16-11-13(17)2)14-8-6-5-7-9-14/h3-4,13-16H,5-12H2,1-2H3/b4-3+. The van der Waals surface area contributed by atoms with Crippen LogP contribution in [-0.2, 0) is 0 Å². The summed E-state index contributed by atoms with van der Waals surface area (Å²) in [5.41, 5.74) is 0. The predicted molar refractivity (Wildman–Crippen MR) is 74.2 cm³/mol. The molecule has 2 nitrogen and oxygen atoms in total. The lowest BCUT2D eigenvalue weighted by Gasteiger charge is -2.42. The number of allylic oxidation sites excluding steroid dienone is 1. The first-order valence-corrected chi connectivity index (χ1v) is 7.40. The highest BCUT2D eigenvalue weighted by atomic mass is 15.2. The van der Waals surface area contributed by atoms with Crippen molar-refractivity contribution >= 4 is 0 Å². The molecular weight excluding hydrogens is 208 g/mol. The van der Waals surface area contributed by atoms with Crippen molar-refractivity contribution in [3.8, 4) is 0 Å². The predicted octanol–water partition coefficient (Wildman–Crippen LogP) is 2.81. The summed E-state index contributed by atoms with van der Waals surface area (Å²) in [4.78, 5) is 2.63. The second-order valence-corrected chi connectivity index (χ2v) is 5.78. The molecule has 2 aliphatic rings. The monoisotopic (exact) mass is 236 g/mol. The fourth-order valence-electron chi connectivity index (χ4n) is 3.30. The van der Waals surface area contributed by atoms with Crippen molar-refractivity contribution < 1.29 is 0 Å². The van der Waals surface area contributed by atoms with Crippen molar-refractivity contribution in [2.24, 2.45) is 5.92 Å². The third kappa shape index (κ3) is 3.56. The van der Waals surface area contributed by atoms with Crippen LogP contribution in [0.25, 0.3) is 0 Å². The Balaban J connectivity index is 1.87. The lowest BCUT2D eigenvalue weighted by molar-refractivity contribution is 0.115. The second kappa shape index (κ2) is 6.55. The maximum Gasteiger partial charge on any atom is 0.0224 e. The molecule has 2 rings (SSSR count). The molecule has 2 fully saturated rings. The molecule has 0 radical (unpaired) electrons. The Labute approximate surface area is 106 Å². The first-order chi connectivity index (χ1) is 8.31. The van der Waals surface area contributed by atoms with Crippen molar-refractivity contribution in [1.29, 1.82) is 0 Å². The van der Waals surface area contributed by atoms with E-state index in [1.165, 1.54) is 45.2 Å². The van der Waals surface area contributed by atoms with E-state index in [1.807, 2.05) is 0 Å². The first kappa shape index (κ1) is 13.1. The topological polar surface area (TPSA) is 15.3 Å². The molecular formula is C15H28N2. The number of hydrogen-bond donors (Lipinski definition) is 1. The van der Waals surface area contributed by atoms with Gasteiger partial charge >= 0.3 is 0 Å². The van der Waals surface area contributed by atoms with Crippen LogP contribution in [0.5, 0.6) is 0 Å². The first-order valence-electron chi connectivity index (χ1n) is 7.40. The van der Waals surface area contributed by atoms with Gasteiger partial charge in [-0.2, -0.15) is 0 Å². The lowest BCUT2D eigenvalue weighted by atomic mass is 9.82. The highest BCUT2D eigenvalue weighted by Crippen LogP contribution is 2.28. The van der Waals surface area contributed by atoms with Crippen molar-refractivity contribution in [3.63, 3.8) is 0 Å². The molecule has 1 heterocycles. The summed E-state index contributed by atoms with van der Waals surface area (Å²) in [5, 5.41) is 3.78. The molecule has 2 heteroatoms. The molecule has 0 amide bonds. The van der Waals surface area contributed by atoms with Crippen LogP contribution in [0, 0.1) is 5.92 Å². The van der Waals surface area contributed by atoms with Gasteiger partial charge in [0.2, 0.25) is 0 Å². The number of nitrogens with one attached hydrogen (secondary N) is 1. The molecule has 0 aromatic rings. The molecule has 0 bridgehead atoms. The maximum absolute atomic E-state index is 3.78. The van der Waals surface area contributed by atoms with Crippen LogP contribution < -0.4 is 5.32 Å². The van der Waals surface area contributed by atoms with Crippen LogP contribution in [-0.4, -0.2) is 36.6 Å². The quantitative estimate of drug-likeness (QED) is 0.758. The van der Waals surface area contributed by atoms with Crippen molar-refractivity contribution in [1.82, 2.24) is 10.2 Å². The van der Waals surface area contributed by atoms with E-state index >= 15 is 0 Å². The van der Waals surface area contributed by atoms with Gasteiger partial charge in [-0.1, -0.05) is 31.4 Å². The van der Waals surface area contributed by atoms with Gasteiger partial charge in [-0.15, -0.1) is 0 Å². The molecule has 0 aromatic heterocycles. The summed E-state index contributed by atoms with van der Waals surface area (Å²) in [6, 6.07) is 1.43. The van der Waals surface area contributed by atoms with Gasteiger partial charge in [-0.05, 0) is 32.6 Å². The van der Waals surface area contributed by atoms with E-state index in [0.29, 0.717) is 6.04 Å². The Morgan fingerprint density at radius 2 is 2.00 bits per heavy atom. The minimum Gasteiger partial charge on any atom is -0.311 e. The van der Waals surface area contributed by atoms with E-state index in [9.17, 15) is 0 Å². The fourth-order valence-corrected chi connectivity index (χ4v) is 3.30. The zero-order valence-electron chi connectivity index (χ0n) is 11.5. The molecule has 2 atom stereocenters. The normalized spacial score (nSPS) is 33.3. The van der Waals surface area contributed by atoms with E-state index < -0.39 is 0 Å². The fraction of sp³-hybridized carbons (Fsp3) is 0.867. The Morgan fingerprint density at radius 3 is 2.71 bits per heavy atom. The van der Waals surface area contributed by atoms with Gasteiger partial charge in [-0.3, -0.25) is 4.90 Å². The lowest BCUT2D eigenvalue weighted by Crippen LogP contribution is -2.57. The SMILES string of the molecule is C/C=C/CN1CC(C2CCCCC2)NCC1C. The van der Waals surface area contributed by atoms with Gasteiger partial charge in [-0.25, -0.2) is 0 Å². The summed E-state index contributed by atoms with van der Waals surface area (Å²) in [6.45, 7) is 8.00. The largest absolute Gasteiger partial charge is 0.311 e. The highest BCUT2D eigenvalue weighted by Gasteiger charge is 2.30. The van der Waals surface area contributed by atoms with Crippen molar-refractivity contribution in [3.05, 3.63) is 12.2 Å². The summed E-state index contributed by atoms with van der Waals surface area (Å²) in [5.74, 6) is 0.935. The number of hydrogen-bond acceptors (Lipinski definition) is 2. The van der Waals surface area contributed by atoms with E-state index in [4.69, 9.17) is 0 Å². The molecule has 1 aliphatic carbocycles. The number of piperazine rings is 1. The van der Waals surface area contributed by atoms with Crippen LogP contribution in [0.1, 0.15) is 46.0 Å². The zero-order chi connectivity index (χ0) is 12.1. The van der Waals surface area contributed by atoms with Crippen molar-refractivity contribution in [2.45, 2.75) is 58.0 Å². The Bertz CT molecular complexity index is 243. The van der Waals surface area contributed by atoms with Crippen LogP contribution in [0.2, 0.25) is 0 Å². The molecule has 1 N–H and O–H groups in total. The van der Waals surface area contributed by atoms with Crippen LogP contribution >= 0.6 is 0 Å². The molecule has 1 saturated carbocycles. The van der Waals surface area contributed by atoms with E-state index in [1.54, 1.807) is 0 Å². The summed E-state index contributed by atoms with van der Waals surface area (Å²) >= 11 is 0. The maximum atomic E-state index is 3.78. The smallest absolute Gasteiger partial charge is 0.0224 e. The number of rotatable bonds is 3. The Hall–Kier alpha value is -0.340. The molecule has 2 unspecified atom stereocenters. The van der Waals surface area contributed by atoms with Gasteiger partial charge in [0, 0.05) is 31.7 Å². The van der Waals surface area contributed by atoms with Crippen molar-refractivity contribution in [2.75, 3.05) is 19.6 Å². The van der Waals surface area contributed by atoms with Crippen LogP contribution in [0.15, 0.2) is 12.2 Å². The zero-order valence-corrected chi connectivity index (χ0v) is 11.5.